The van der Waals surface area contributed by atoms with E-state index in [2.05, 4.69) is 16.0 Å². The molecule has 0 saturated carbocycles. The van der Waals surface area contributed by atoms with Gasteiger partial charge in [0.25, 0.3) is 0 Å². The van der Waals surface area contributed by atoms with Crippen molar-refractivity contribution in [2.75, 3.05) is 16.0 Å². The minimum Gasteiger partial charge on any atom is -0.427 e. The van der Waals surface area contributed by atoms with Gasteiger partial charge in [-0.05, 0) is 48.5 Å². The highest BCUT2D eigenvalue weighted by Gasteiger charge is 2.05. The SMILES string of the molecule is CC(=O)Oc1cccc(NC(=O)Nc2ccc(Nc3ccccc3)cc2)c1. The van der Waals surface area contributed by atoms with Gasteiger partial charge >= 0.3 is 12.0 Å². The Hall–Kier alpha value is -3.80. The van der Waals surface area contributed by atoms with Crippen LogP contribution in [0.3, 0.4) is 0 Å². The van der Waals surface area contributed by atoms with Crippen molar-refractivity contribution in [2.45, 2.75) is 6.92 Å². The lowest BCUT2D eigenvalue weighted by molar-refractivity contribution is -0.131. The Morgan fingerprint density at radius 3 is 2.00 bits per heavy atom. The minimum atomic E-state index is -0.416. The predicted octanol–water partition coefficient (Wildman–Crippen LogP) is 5.00. The summed E-state index contributed by atoms with van der Waals surface area (Å²) in [5, 5.41) is 8.73. The summed E-state index contributed by atoms with van der Waals surface area (Å²) < 4.78 is 5.00. The van der Waals surface area contributed by atoms with E-state index in [1.807, 2.05) is 42.5 Å². The molecular weight excluding hydrogens is 342 g/mol. The number of hydrogen-bond donors (Lipinski definition) is 3. The van der Waals surface area contributed by atoms with Crippen LogP contribution >= 0.6 is 0 Å². The first-order chi connectivity index (χ1) is 13.1. The van der Waals surface area contributed by atoms with E-state index in [-0.39, 0.29) is 0 Å². The van der Waals surface area contributed by atoms with Crippen molar-refractivity contribution in [3.63, 3.8) is 0 Å². The van der Waals surface area contributed by atoms with Gasteiger partial charge in [0.1, 0.15) is 5.75 Å². The standard InChI is InChI=1S/C21H19N3O3/c1-15(25)27-20-9-5-8-19(14-20)24-21(26)23-18-12-10-17(11-13-18)22-16-6-3-2-4-7-16/h2-14,22H,1H3,(H2,23,24,26). The Balaban J connectivity index is 1.57. The molecule has 0 saturated heterocycles. The maximum atomic E-state index is 12.1. The van der Waals surface area contributed by atoms with Gasteiger partial charge in [0.2, 0.25) is 0 Å². The van der Waals surface area contributed by atoms with E-state index in [1.165, 1.54) is 6.92 Å². The van der Waals surface area contributed by atoms with Crippen LogP contribution in [0.5, 0.6) is 5.75 Å². The van der Waals surface area contributed by atoms with E-state index in [0.29, 0.717) is 17.1 Å². The number of amides is 2. The second kappa shape index (κ2) is 8.53. The molecule has 3 aromatic rings. The van der Waals surface area contributed by atoms with Gasteiger partial charge in [-0.3, -0.25) is 4.79 Å². The van der Waals surface area contributed by atoms with Gasteiger partial charge in [-0.25, -0.2) is 4.79 Å². The van der Waals surface area contributed by atoms with Crippen molar-refractivity contribution in [1.82, 2.24) is 0 Å². The Kier molecular flexibility index (Phi) is 5.69. The molecule has 0 spiro atoms. The molecule has 0 bridgehead atoms. The number of carbonyl (C=O) groups is 2. The van der Waals surface area contributed by atoms with Crippen molar-refractivity contribution in [3.8, 4) is 5.75 Å². The average Bonchev–Trinajstić information content (AvgIpc) is 2.64. The van der Waals surface area contributed by atoms with Gasteiger partial charge in [0, 0.05) is 35.7 Å². The maximum absolute atomic E-state index is 12.1. The molecule has 3 aromatic carbocycles. The second-order valence-corrected chi connectivity index (χ2v) is 5.77. The molecule has 0 radical (unpaired) electrons. The molecule has 0 fully saturated rings. The highest BCUT2D eigenvalue weighted by molar-refractivity contribution is 6.00. The summed E-state index contributed by atoms with van der Waals surface area (Å²) in [6.45, 7) is 1.32. The smallest absolute Gasteiger partial charge is 0.323 e. The molecule has 136 valence electrons. The zero-order valence-electron chi connectivity index (χ0n) is 14.7. The number of rotatable bonds is 5. The number of anilines is 4. The van der Waals surface area contributed by atoms with Gasteiger partial charge < -0.3 is 20.7 Å². The van der Waals surface area contributed by atoms with Crippen LogP contribution in [0.4, 0.5) is 27.5 Å². The third kappa shape index (κ3) is 5.61. The number of carbonyl (C=O) groups excluding carboxylic acids is 2. The molecular formula is C21H19N3O3. The zero-order chi connectivity index (χ0) is 19.1. The molecule has 0 aliphatic carbocycles. The van der Waals surface area contributed by atoms with Gasteiger partial charge in [-0.2, -0.15) is 0 Å². The fourth-order valence-electron chi connectivity index (χ4n) is 2.42. The maximum Gasteiger partial charge on any atom is 0.323 e. The molecule has 0 heterocycles. The normalized spacial score (nSPS) is 9.96. The highest BCUT2D eigenvalue weighted by Crippen LogP contribution is 2.20. The Morgan fingerprint density at radius 1 is 0.704 bits per heavy atom. The Labute approximate surface area is 157 Å². The summed E-state index contributed by atoms with van der Waals surface area (Å²) in [7, 11) is 0. The van der Waals surface area contributed by atoms with Crippen molar-refractivity contribution in [3.05, 3.63) is 78.9 Å². The van der Waals surface area contributed by atoms with E-state index < -0.39 is 12.0 Å². The number of para-hydroxylation sites is 1. The topological polar surface area (TPSA) is 79.5 Å². The molecule has 27 heavy (non-hydrogen) atoms. The van der Waals surface area contributed by atoms with Crippen LogP contribution in [0.15, 0.2) is 78.9 Å². The van der Waals surface area contributed by atoms with E-state index >= 15 is 0 Å². The molecule has 2 amide bonds. The van der Waals surface area contributed by atoms with Gasteiger partial charge in [0.05, 0.1) is 0 Å². The lowest BCUT2D eigenvalue weighted by Gasteiger charge is -2.10. The fourth-order valence-corrected chi connectivity index (χ4v) is 2.42. The average molecular weight is 361 g/mol. The Bertz CT molecular complexity index is 925. The number of hydrogen-bond acceptors (Lipinski definition) is 4. The first kappa shape index (κ1) is 18.0. The summed E-state index contributed by atoms with van der Waals surface area (Å²) in [5.41, 5.74) is 3.08. The third-order valence-electron chi connectivity index (χ3n) is 3.56. The number of benzene rings is 3. The van der Waals surface area contributed by atoms with Gasteiger partial charge in [-0.15, -0.1) is 0 Å². The number of nitrogens with one attached hydrogen (secondary N) is 3. The van der Waals surface area contributed by atoms with E-state index in [4.69, 9.17) is 4.74 Å². The lowest BCUT2D eigenvalue weighted by Crippen LogP contribution is -2.19. The first-order valence-corrected chi connectivity index (χ1v) is 8.37. The molecule has 3 rings (SSSR count). The van der Waals surface area contributed by atoms with Crippen molar-refractivity contribution < 1.29 is 14.3 Å². The van der Waals surface area contributed by atoms with Crippen LogP contribution in [-0.4, -0.2) is 12.0 Å². The minimum absolute atomic E-state index is 0.372. The van der Waals surface area contributed by atoms with E-state index in [0.717, 1.165) is 11.4 Å². The van der Waals surface area contributed by atoms with Crippen molar-refractivity contribution >= 4 is 34.7 Å². The number of urea groups is 1. The first-order valence-electron chi connectivity index (χ1n) is 8.37. The summed E-state index contributed by atoms with van der Waals surface area (Å²) in [6, 6.07) is 23.4. The molecule has 0 atom stereocenters. The van der Waals surface area contributed by atoms with Gasteiger partial charge in [0.15, 0.2) is 0 Å². The fraction of sp³-hybridized carbons (Fsp3) is 0.0476. The molecule has 3 N–H and O–H groups in total. The number of ether oxygens (including phenoxy) is 1. The van der Waals surface area contributed by atoms with Crippen LogP contribution in [0, 0.1) is 0 Å². The molecule has 6 heteroatoms. The molecule has 0 unspecified atom stereocenters. The van der Waals surface area contributed by atoms with Crippen LogP contribution in [0.1, 0.15) is 6.92 Å². The highest BCUT2D eigenvalue weighted by atomic mass is 16.5. The van der Waals surface area contributed by atoms with Crippen LogP contribution < -0.4 is 20.7 Å². The quantitative estimate of drug-likeness (QED) is 0.441. The van der Waals surface area contributed by atoms with Crippen LogP contribution in [0.25, 0.3) is 0 Å². The molecule has 0 aliphatic heterocycles. The third-order valence-corrected chi connectivity index (χ3v) is 3.56. The van der Waals surface area contributed by atoms with Crippen molar-refractivity contribution in [1.29, 1.82) is 0 Å². The van der Waals surface area contributed by atoms with E-state index in [9.17, 15) is 9.59 Å². The summed E-state index contributed by atoms with van der Waals surface area (Å²) in [4.78, 5) is 23.1. The zero-order valence-corrected chi connectivity index (χ0v) is 14.7. The van der Waals surface area contributed by atoms with Crippen molar-refractivity contribution in [2.24, 2.45) is 0 Å². The largest absolute Gasteiger partial charge is 0.427 e. The Morgan fingerprint density at radius 2 is 1.30 bits per heavy atom. The van der Waals surface area contributed by atoms with E-state index in [1.54, 1.807) is 36.4 Å². The predicted molar refractivity (Wildman–Crippen MR) is 107 cm³/mol. The molecule has 0 aliphatic rings. The van der Waals surface area contributed by atoms with Crippen LogP contribution in [0.2, 0.25) is 0 Å². The summed E-state index contributed by atoms with van der Waals surface area (Å²) in [5.74, 6) is -0.0440. The molecule has 0 aromatic heterocycles. The molecule has 6 nitrogen and oxygen atoms in total. The lowest BCUT2D eigenvalue weighted by atomic mass is 10.2. The summed E-state index contributed by atoms with van der Waals surface area (Å²) >= 11 is 0. The van der Waals surface area contributed by atoms with Gasteiger partial charge in [-0.1, -0.05) is 24.3 Å². The monoisotopic (exact) mass is 361 g/mol. The van der Waals surface area contributed by atoms with Crippen LogP contribution in [-0.2, 0) is 4.79 Å². The summed E-state index contributed by atoms with van der Waals surface area (Å²) in [6.07, 6.45) is 0. The second-order valence-electron chi connectivity index (χ2n) is 5.77. The number of esters is 1.